The number of nitrogens with zero attached hydrogens (tertiary/aromatic N) is 2. The molecule has 2 saturated heterocycles. The maximum atomic E-state index is 10.4. The summed E-state index contributed by atoms with van der Waals surface area (Å²) in [7, 11) is 0. The zero-order valence-corrected chi connectivity index (χ0v) is 14.0. The number of benzene rings is 2. The molecule has 22 heavy (non-hydrogen) atoms. The van der Waals surface area contributed by atoms with Crippen molar-refractivity contribution in [3.63, 3.8) is 0 Å². The van der Waals surface area contributed by atoms with Gasteiger partial charge in [-0.25, -0.2) is 0 Å². The molecule has 2 aromatic carbocycles. The average Bonchev–Trinajstić information content (AvgIpc) is 3.11. The van der Waals surface area contributed by atoms with Crippen LogP contribution in [0.25, 0.3) is 0 Å². The van der Waals surface area contributed by atoms with Crippen molar-refractivity contribution in [2.24, 2.45) is 0 Å². The van der Waals surface area contributed by atoms with Gasteiger partial charge in [-0.2, -0.15) is 0 Å². The quantitative estimate of drug-likeness (QED) is 0.855. The lowest BCUT2D eigenvalue weighted by molar-refractivity contribution is 0.463. The Bertz CT molecular complexity index is 736. The normalized spacial score (nSPS) is 28.0. The zero-order chi connectivity index (χ0) is 15.2. The Labute approximate surface area is 136 Å². The van der Waals surface area contributed by atoms with Crippen molar-refractivity contribution in [3.05, 3.63) is 54.6 Å². The van der Waals surface area contributed by atoms with Gasteiger partial charge in [0.2, 0.25) is 0 Å². The van der Waals surface area contributed by atoms with Crippen molar-refractivity contribution in [3.8, 4) is 5.75 Å². The van der Waals surface area contributed by atoms with E-state index in [0.29, 0.717) is 11.8 Å². The summed E-state index contributed by atoms with van der Waals surface area (Å²) in [6.07, 6.45) is 0.265. The highest BCUT2D eigenvalue weighted by molar-refractivity contribution is 8.18. The van der Waals surface area contributed by atoms with Gasteiger partial charge >= 0.3 is 0 Å². The number of para-hydroxylation sites is 2. The van der Waals surface area contributed by atoms with Gasteiger partial charge in [-0.15, -0.1) is 0 Å². The van der Waals surface area contributed by atoms with Crippen LogP contribution in [0, 0.1) is 0 Å². The predicted molar refractivity (Wildman–Crippen MR) is 95.5 cm³/mol. The molecule has 3 nitrogen and oxygen atoms in total. The number of anilines is 1. The first-order chi connectivity index (χ1) is 10.7. The molecular formula is C17H19N2OPS. The minimum Gasteiger partial charge on any atom is -0.507 e. The number of hydrogen-bond acceptors (Lipinski definition) is 2. The number of hydrogen-bond donors (Lipinski definition) is 1. The molecular weight excluding hydrogens is 311 g/mol. The summed E-state index contributed by atoms with van der Waals surface area (Å²) >= 11 is 6.26. The summed E-state index contributed by atoms with van der Waals surface area (Å²) in [6.45, 7) is 2.01. The first-order valence-electron chi connectivity index (χ1n) is 7.70. The van der Waals surface area contributed by atoms with Crippen LogP contribution in [0.3, 0.4) is 0 Å². The van der Waals surface area contributed by atoms with Crippen molar-refractivity contribution < 1.29 is 5.11 Å². The fraction of sp³-hybridized carbons (Fsp3) is 0.294. The van der Waals surface area contributed by atoms with Crippen LogP contribution in [0.5, 0.6) is 5.75 Å². The largest absolute Gasteiger partial charge is 0.507 e. The summed E-state index contributed by atoms with van der Waals surface area (Å²) in [6, 6.07) is 18.5. The van der Waals surface area contributed by atoms with Gasteiger partial charge in [0, 0.05) is 24.8 Å². The Morgan fingerprint density at radius 3 is 2.55 bits per heavy atom. The van der Waals surface area contributed by atoms with Crippen LogP contribution in [-0.4, -0.2) is 28.9 Å². The molecule has 2 aliphatic heterocycles. The number of phenolic OH excluding ortho intramolecular Hbond substituents is 1. The fourth-order valence-corrected chi connectivity index (χ4v) is 8.61. The van der Waals surface area contributed by atoms with E-state index in [1.54, 1.807) is 6.07 Å². The Morgan fingerprint density at radius 2 is 1.77 bits per heavy atom. The molecule has 0 amide bonds. The molecule has 0 radical (unpaired) electrons. The van der Waals surface area contributed by atoms with Gasteiger partial charge < -0.3 is 9.78 Å². The van der Waals surface area contributed by atoms with Gasteiger partial charge in [0.1, 0.15) is 12.1 Å². The van der Waals surface area contributed by atoms with Crippen molar-refractivity contribution >= 4 is 29.1 Å². The number of fused-ring (bicyclic) bond motifs is 1. The maximum absolute atomic E-state index is 10.4. The Balaban J connectivity index is 1.88. The molecule has 2 unspecified atom stereocenters. The summed E-state index contributed by atoms with van der Waals surface area (Å²) in [5.74, 6) is 0.333. The van der Waals surface area contributed by atoms with Crippen molar-refractivity contribution in [2.75, 3.05) is 17.8 Å². The standard InChI is InChI=1S/C17H19N2OPS/c20-16-10-4-5-11-17(16)21(22)18-12-6-9-15(18)13-19(21)14-7-2-1-3-8-14/h1-5,7-8,10-11,15,20H,6,9,12-13H2. The Kier molecular flexibility index (Phi) is 3.48. The van der Waals surface area contributed by atoms with Crippen LogP contribution >= 0.6 is 6.34 Å². The lowest BCUT2D eigenvalue weighted by Gasteiger charge is -2.35. The number of aromatic hydroxyl groups is 1. The summed E-state index contributed by atoms with van der Waals surface area (Å²) in [5, 5.41) is 11.4. The molecule has 114 valence electrons. The zero-order valence-electron chi connectivity index (χ0n) is 12.3. The molecule has 2 atom stereocenters. The van der Waals surface area contributed by atoms with Gasteiger partial charge in [-0.1, -0.05) is 42.1 Å². The van der Waals surface area contributed by atoms with E-state index < -0.39 is 6.34 Å². The van der Waals surface area contributed by atoms with E-state index in [-0.39, 0.29) is 0 Å². The van der Waals surface area contributed by atoms with Crippen LogP contribution in [0.4, 0.5) is 5.69 Å². The van der Waals surface area contributed by atoms with E-state index in [2.05, 4.69) is 33.6 Å². The highest BCUT2D eigenvalue weighted by atomic mass is 32.4. The van der Waals surface area contributed by atoms with Crippen LogP contribution in [-0.2, 0) is 11.8 Å². The van der Waals surface area contributed by atoms with Crippen molar-refractivity contribution in [1.82, 2.24) is 4.67 Å². The highest BCUT2D eigenvalue weighted by Crippen LogP contribution is 2.63. The maximum Gasteiger partial charge on any atom is 0.134 e. The molecule has 2 aliphatic rings. The lowest BCUT2D eigenvalue weighted by Crippen LogP contribution is -2.27. The monoisotopic (exact) mass is 330 g/mol. The van der Waals surface area contributed by atoms with Gasteiger partial charge in [-0.05, 0) is 37.1 Å². The van der Waals surface area contributed by atoms with Crippen molar-refractivity contribution in [2.45, 2.75) is 18.9 Å². The molecule has 2 fully saturated rings. The Morgan fingerprint density at radius 1 is 1.05 bits per heavy atom. The van der Waals surface area contributed by atoms with E-state index >= 15 is 0 Å². The third-order valence-electron chi connectivity index (χ3n) is 4.65. The predicted octanol–water partition coefficient (Wildman–Crippen LogP) is 3.31. The van der Waals surface area contributed by atoms with E-state index in [0.717, 1.165) is 18.4 Å². The van der Waals surface area contributed by atoms with Gasteiger partial charge in [0.05, 0.1) is 5.30 Å². The van der Waals surface area contributed by atoms with Crippen molar-refractivity contribution in [1.29, 1.82) is 0 Å². The lowest BCUT2D eigenvalue weighted by atomic mass is 10.2. The third-order valence-corrected chi connectivity index (χ3v) is 9.74. The van der Waals surface area contributed by atoms with Gasteiger partial charge in [-0.3, -0.25) is 4.67 Å². The molecule has 0 aliphatic carbocycles. The second kappa shape index (κ2) is 5.38. The van der Waals surface area contributed by atoms with E-state index in [1.807, 2.05) is 24.3 Å². The highest BCUT2D eigenvalue weighted by Gasteiger charge is 2.48. The first-order valence-corrected chi connectivity index (χ1v) is 10.4. The van der Waals surface area contributed by atoms with E-state index in [9.17, 15) is 5.11 Å². The second-order valence-corrected chi connectivity index (χ2v) is 10.0. The summed E-state index contributed by atoms with van der Waals surface area (Å²) in [5.41, 5.74) is 1.17. The molecule has 5 heteroatoms. The van der Waals surface area contributed by atoms with E-state index in [4.69, 9.17) is 11.8 Å². The number of phenols is 1. The van der Waals surface area contributed by atoms with Crippen LogP contribution in [0.2, 0.25) is 0 Å². The van der Waals surface area contributed by atoms with Crippen LogP contribution in [0.15, 0.2) is 54.6 Å². The minimum absolute atomic E-state index is 0.333. The van der Waals surface area contributed by atoms with E-state index in [1.165, 1.54) is 18.5 Å². The molecule has 0 bridgehead atoms. The molecule has 0 saturated carbocycles. The minimum atomic E-state index is -2.15. The molecule has 2 heterocycles. The Hall–Kier alpha value is -1.35. The SMILES string of the molecule is Oc1ccccc1P1(=S)N(c2ccccc2)CC2CCCN21. The summed E-state index contributed by atoms with van der Waals surface area (Å²) in [4.78, 5) is 0. The molecule has 1 N–H and O–H groups in total. The molecule has 0 aromatic heterocycles. The summed E-state index contributed by atoms with van der Waals surface area (Å²) < 4.78 is 4.87. The third kappa shape index (κ3) is 2.02. The van der Waals surface area contributed by atoms with Crippen LogP contribution < -0.4 is 9.97 Å². The van der Waals surface area contributed by atoms with Gasteiger partial charge in [0.15, 0.2) is 0 Å². The number of rotatable bonds is 2. The molecule has 2 aromatic rings. The first kappa shape index (κ1) is 14.3. The topological polar surface area (TPSA) is 26.7 Å². The smallest absolute Gasteiger partial charge is 0.134 e. The second-order valence-electron chi connectivity index (χ2n) is 5.91. The molecule has 4 rings (SSSR count). The van der Waals surface area contributed by atoms with Gasteiger partial charge in [0.25, 0.3) is 0 Å². The molecule has 0 spiro atoms. The van der Waals surface area contributed by atoms with Crippen LogP contribution in [0.1, 0.15) is 12.8 Å². The fourth-order valence-electron chi connectivity index (χ4n) is 3.65. The average molecular weight is 330 g/mol.